The van der Waals surface area contributed by atoms with Gasteiger partial charge in [0.25, 0.3) is 0 Å². The van der Waals surface area contributed by atoms with E-state index in [0.29, 0.717) is 6.42 Å². The van der Waals surface area contributed by atoms with Crippen molar-refractivity contribution in [2.24, 2.45) is 0 Å². The molecule has 1 nitrogen and oxygen atoms in total. The minimum atomic E-state index is -0.576. The van der Waals surface area contributed by atoms with Crippen LogP contribution < -0.4 is 0 Å². The molecule has 1 heterocycles. The summed E-state index contributed by atoms with van der Waals surface area (Å²) in [7, 11) is 0. The van der Waals surface area contributed by atoms with Gasteiger partial charge in [0.1, 0.15) is 5.82 Å². The van der Waals surface area contributed by atoms with Crippen molar-refractivity contribution in [2.75, 3.05) is 0 Å². The van der Waals surface area contributed by atoms with Crippen LogP contribution in [-0.4, -0.2) is 5.11 Å². The first kappa shape index (κ1) is 12.7. The summed E-state index contributed by atoms with van der Waals surface area (Å²) in [6.45, 7) is 1.97. The molecule has 0 aliphatic rings. The van der Waals surface area contributed by atoms with Crippen molar-refractivity contribution in [1.29, 1.82) is 0 Å². The molecule has 4 heteroatoms. The Bertz CT molecular complexity index is 524. The largest absolute Gasteiger partial charge is 0.387 e. The van der Waals surface area contributed by atoms with E-state index in [0.717, 1.165) is 20.5 Å². The standard InChI is InChI=1S/C13H12BrFOS/c1-8-4-5-17-13(8)12(16)7-9-6-10(15)2-3-11(9)14/h2-6,12,16H,7H2,1H3. The summed E-state index contributed by atoms with van der Waals surface area (Å²) in [4.78, 5) is 0.946. The van der Waals surface area contributed by atoms with E-state index in [1.807, 2.05) is 18.4 Å². The molecule has 2 aromatic rings. The molecule has 1 aromatic carbocycles. The molecule has 17 heavy (non-hydrogen) atoms. The summed E-state index contributed by atoms with van der Waals surface area (Å²) in [6, 6.07) is 6.50. The third-order valence-electron chi connectivity index (χ3n) is 2.63. The topological polar surface area (TPSA) is 20.2 Å². The van der Waals surface area contributed by atoms with Crippen molar-refractivity contribution in [3.8, 4) is 0 Å². The number of hydrogen-bond acceptors (Lipinski definition) is 2. The fourth-order valence-electron chi connectivity index (χ4n) is 1.73. The molecule has 1 unspecified atom stereocenters. The zero-order chi connectivity index (χ0) is 12.4. The van der Waals surface area contributed by atoms with Crippen LogP contribution in [0.15, 0.2) is 34.1 Å². The molecular weight excluding hydrogens is 303 g/mol. The van der Waals surface area contributed by atoms with Crippen molar-refractivity contribution in [3.05, 3.63) is 55.9 Å². The Balaban J connectivity index is 2.21. The van der Waals surface area contributed by atoms with Crippen LogP contribution in [0.1, 0.15) is 22.1 Å². The van der Waals surface area contributed by atoms with Crippen LogP contribution in [0.5, 0.6) is 0 Å². The smallest absolute Gasteiger partial charge is 0.123 e. The van der Waals surface area contributed by atoms with Crippen molar-refractivity contribution in [1.82, 2.24) is 0 Å². The molecule has 1 N–H and O–H groups in total. The van der Waals surface area contributed by atoms with E-state index in [9.17, 15) is 9.50 Å². The van der Waals surface area contributed by atoms with Gasteiger partial charge < -0.3 is 5.11 Å². The third-order valence-corrected chi connectivity index (χ3v) is 4.52. The predicted octanol–water partition coefficient (Wildman–Crippen LogP) is 4.23. The van der Waals surface area contributed by atoms with Gasteiger partial charge >= 0.3 is 0 Å². The lowest BCUT2D eigenvalue weighted by atomic mass is 10.1. The molecule has 0 radical (unpaired) electrons. The van der Waals surface area contributed by atoms with E-state index in [1.54, 1.807) is 6.07 Å². The second-order valence-electron chi connectivity index (χ2n) is 3.92. The SMILES string of the molecule is Cc1ccsc1C(O)Cc1cc(F)ccc1Br. The number of aliphatic hydroxyl groups is 1. The fraction of sp³-hybridized carbons (Fsp3) is 0.231. The molecule has 0 spiro atoms. The molecule has 0 fully saturated rings. The lowest BCUT2D eigenvalue weighted by molar-refractivity contribution is 0.181. The monoisotopic (exact) mass is 314 g/mol. The molecule has 90 valence electrons. The maximum atomic E-state index is 13.1. The zero-order valence-corrected chi connectivity index (χ0v) is 11.7. The van der Waals surface area contributed by atoms with E-state index in [2.05, 4.69) is 15.9 Å². The van der Waals surface area contributed by atoms with E-state index < -0.39 is 6.10 Å². The first-order valence-electron chi connectivity index (χ1n) is 5.24. The van der Waals surface area contributed by atoms with Crippen LogP contribution in [0.25, 0.3) is 0 Å². The number of aryl methyl sites for hydroxylation is 1. The number of thiophene rings is 1. The lowest BCUT2D eigenvalue weighted by Crippen LogP contribution is -2.02. The number of rotatable bonds is 3. The van der Waals surface area contributed by atoms with Crippen LogP contribution in [0, 0.1) is 12.7 Å². The van der Waals surface area contributed by atoms with Crippen molar-refractivity contribution >= 4 is 27.3 Å². The molecule has 0 amide bonds. The molecule has 0 aliphatic heterocycles. The summed E-state index contributed by atoms with van der Waals surface area (Å²) in [5, 5.41) is 12.1. The zero-order valence-electron chi connectivity index (χ0n) is 9.28. The van der Waals surface area contributed by atoms with Gasteiger partial charge in [-0.15, -0.1) is 11.3 Å². The average Bonchev–Trinajstić information content (AvgIpc) is 2.70. The first-order chi connectivity index (χ1) is 8.08. The van der Waals surface area contributed by atoms with E-state index in [-0.39, 0.29) is 5.82 Å². The van der Waals surface area contributed by atoms with Gasteiger partial charge in [-0.2, -0.15) is 0 Å². The molecule has 0 saturated carbocycles. The van der Waals surface area contributed by atoms with Crippen LogP contribution in [0.3, 0.4) is 0 Å². The van der Waals surface area contributed by atoms with Gasteiger partial charge in [-0.25, -0.2) is 4.39 Å². The maximum Gasteiger partial charge on any atom is 0.123 e. The lowest BCUT2D eigenvalue weighted by Gasteiger charge is -2.11. The third kappa shape index (κ3) is 2.94. The average molecular weight is 315 g/mol. The Hall–Kier alpha value is -0.710. The second kappa shape index (κ2) is 5.29. The van der Waals surface area contributed by atoms with Crippen LogP contribution in [0.2, 0.25) is 0 Å². The van der Waals surface area contributed by atoms with Crippen LogP contribution >= 0.6 is 27.3 Å². The fourth-order valence-corrected chi connectivity index (χ4v) is 3.05. The highest BCUT2D eigenvalue weighted by Crippen LogP contribution is 2.29. The summed E-state index contributed by atoms with van der Waals surface area (Å²) >= 11 is 4.89. The Morgan fingerprint density at radius 3 is 2.82 bits per heavy atom. The minimum absolute atomic E-state index is 0.279. The maximum absolute atomic E-state index is 13.1. The van der Waals surface area contributed by atoms with Gasteiger partial charge in [0.05, 0.1) is 6.10 Å². The quantitative estimate of drug-likeness (QED) is 0.898. The Morgan fingerprint density at radius 1 is 1.41 bits per heavy atom. The van der Waals surface area contributed by atoms with Gasteiger partial charge in [0.15, 0.2) is 0 Å². The van der Waals surface area contributed by atoms with Gasteiger partial charge in [-0.3, -0.25) is 0 Å². The van der Waals surface area contributed by atoms with E-state index in [4.69, 9.17) is 0 Å². The van der Waals surface area contributed by atoms with E-state index in [1.165, 1.54) is 23.5 Å². The summed E-state index contributed by atoms with van der Waals surface area (Å²) < 4.78 is 13.9. The number of benzene rings is 1. The normalized spacial score (nSPS) is 12.7. The Labute approximate surface area is 112 Å². The molecule has 0 aliphatic carbocycles. The van der Waals surface area contributed by atoms with Crippen molar-refractivity contribution < 1.29 is 9.50 Å². The Morgan fingerprint density at radius 2 is 2.18 bits per heavy atom. The molecular formula is C13H12BrFOS. The molecule has 0 bridgehead atoms. The summed E-state index contributed by atoms with van der Waals surface area (Å²) in [6.07, 6.45) is -0.159. The van der Waals surface area contributed by atoms with Crippen LogP contribution in [0.4, 0.5) is 4.39 Å². The van der Waals surface area contributed by atoms with Crippen molar-refractivity contribution in [3.63, 3.8) is 0 Å². The predicted molar refractivity (Wildman–Crippen MR) is 71.8 cm³/mol. The van der Waals surface area contributed by atoms with Gasteiger partial charge in [0.2, 0.25) is 0 Å². The summed E-state index contributed by atoms with van der Waals surface area (Å²) in [5.41, 5.74) is 1.86. The molecule has 2 rings (SSSR count). The number of aliphatic hydroxyl groups excluding tert-OH is 1. The van der Waals surface area contributed by atoms with E-state index >= 15 is 0 Å². The van der Waals surface area contributed by atoms with Crippen LogP contribution in [-0.2, 0) is 6.42 Å². The first-order valence-corrected chi connectivity index (χ1v) is 6.91. The van der Waals surface area contributed by atoms with Gasteiger partial charge in [0, 0.05) is 15.8 Å². The minimum Gasteiger partial charge on any atom is -0.387 e. The van der Waals surface area contributed by atoms with Crippen molar-refractivity contribution in [2.45, 2.75) is 19.4 Å². The molecule has 1 atom stereocenters. The number of hydrogen-bond donors (Lipinski definition) is 1. The molecule has 0 saturated heterocycles. The highest BCUT2D eigenvalue weighted by Gasteiger charge is 2.14. The van der Waals surface area contributed by atoms with Gasteiger partial charge in [-0.05, 0) is 47.7 Å². The summed E-state index contributed by atoms with van der Waals surface area (Å²) in [5.74, 6) is -0.279. The highest BCUT2D eigenvalue weighted by atomic mass is 79.9. The second-order valence-corrected chi connectivity index (χ2v) is 5.73. The Kier molecular flexibility index (Phi) is 3.97. The highest BCUT2D eigenvalue weighted by molar-refractivity contribution is 9.10. The molecule has 1 aromatic heterocycles. The van der Waals surface area contributed by atoms with Gasteiger partial charge in [-0.1, -0.05) is 15.9 Å². The number of halogens is 2.